The molecule has 0 saturated heterocycles. The lowest BCUT2D eigenvalue weighted by atomic mass is 10.0. The number of fused-ring (bicyclic) bond motifs is 1. The summed E-state index contributed by atoms with van der Waals surface area (Å²) in [4.78, 5) is 23.5. The first kappa shape index (κ1) is 18.4. The molecule has 1 amide bonds. The third kappa shape index (κ3) is 3.76. The first-order valence-electron chi connectivity index (χ1n) is 7.70. The minimum absolute atomic E-state index is 0.0160. The predicted molar refractivity (Wildman–Crippen MR) is 89.1 cm³/mol. The Labute approximate surface area is 141 Å². The zero-order valence-electron chi connectivity index (χ0n) is 14.1. The zero-order chi connectivity index (χ0) is 18.1. The number of ether oxygens (including phenoxy) is 1. The van der Waals surface area contributed by atoms with E-state index in [4.69, 9.17) is 0 Å². The van der Waals surface area contributed by atoms with Gasteiger partial charge < -0.3 is 10.1 Å². The lowest BCUT2D eigenvalue weighted by molar-refractivity contribution is -0.143. The van der Waals surface area contributed by atoms with E-state index >= 15 is 0 Å². The van der Waals surface area contributed by atoms with Crippen LogP contribution in [-0.2, 0) is 24.3 Å². The van der Waals surface area contributed by atoms with Gasteiger partial charge >= 0.3 is 5.97 Å². The number of anilines is 1. The van der Waals surface area contributed by atoms with E-state index in [9.17, 15) is 18.0 Å². The Bertz CT molecular complexity index is 758. The van der Waals surface area contributed by atoms with Crippen molar-refractivity contribution in [2.45, 2.75) is 44.0 Å². The summed E-state index contributed by atoms with van der Waals surface area (Å²) >= 11 is 0. The normalized spacial score (nSPS) is 18.2. The largest absolute Gasteiger partial charge is 0.468 e. The van der Waals surface area contributed by atoms with E-state index < -0.39 is 28.0 Å². The van der Waals surface area contributed by atoms with Crippen LogP contribution in [-0.4, -0.2) is 33.4 Å². The van der Waals surface area contributed by atoms with Crippen LogP contribution in [0.15, 0.2) is 23.1 Å². The van der Waals surface area contributed by atoms with Crippen LogP contribution in [0, 0.1) is 5.92 Å². The summed E-state index contributed by atoms with van der Waals surface area (Å²) < 4.78 is 32.3. The van der Waals surface area contributed by atoms with Crippen molar-refractivity contribution in [2.75, 3.05) is 12.4 Å². The fourth-order valence-electron chi connectivity index (χ4n) is 2.62. The SMILES string of the molecule is COC(=O)[C@H](CC(C)C)NS(=O)(=O)c1ccc2c(c1)[C@@H](C)C(=O)N2. The average Bonchev–Trinajstić information content (AvgIpc) is 2.79. The second kappa shape index (κ2) is 6.90. The summed E-state index contributed by atoms with van der Waals surface area (Å²) in [6.07, 6.45) is 0.327. The maximum Gasteiger partial charge on any atom is 0.323 e. The van der Waals surface area contributed by atoms with Crippen LogP contribution in [0.2, 0.25) is 0 Å². The Hall–Kier alpha value is -1.93. The van der Waals surface area contributed by atoms with E-state index in [-0.39, 0.29) is 16.7 Å². The molecule has 1 heterocycles. The summed E-state index contributed by atoms with van der Waals surface area (Å²) in [5.74, 6) is -1.10. The minimum Gasteiger partial charge on any atom is -0.468 e. The van der Waals surface area contributed by atoms with Crippen LogP contribution in [0.5, 0.6) is 0 Å². The summed E-state index contributed by atoms with van der Waals surface area (Å²) in [5.41, 5.74) is 1.24. The van der Waals surface area contributed by atoms with Crippen LogP contribution >= 0.6 is 0 Å². The first-order valence-corrected chi connectivity index (χ1v) is 9.19. The van der Waals surface area contributed by atoms with Gasteiger partial charge in [0.1, 0.15) is 6.04 Å². The Morgan fingerprint density at radius 3 is 2.62 bits per heavy atom. The molecule has 0 unspecified atom stereocenters. The molecule has 0 fully saturated rings. The molecule has 0 aromatic heterocycles. The molecule has 7 nitrogen and oxygen atoms in total. The van der Waals surface area contributed by atoms with E-state index in [0.717, 1.165) is 0 Å². The minimum atomic E-state index is -3.91. The molecule has 24 heavy (non-hydrogen) atoms. The highest BCUT2D eigenvalue weighted by atomic mass is 32.2. The number of sulfonamides is 1. The molecule has 1 aliphatic rings. The van der Waals surface area contributed by atoms with Crippen LogP contribution in [0.1, 0.15) is 38.7 Å². The molecule has 2 rings (SSSR count). The predicted octanol–water partition coefficient (Wildman–Crippen LogP) is 1.61. The summed E-state index contributed by atoms with van der Waals surface area (Å²) in [6, 6.07) is 3.47. The molecule has 1 aromatic rings. The smallest absolute Gasteiger partial charge is 0.323 e. The summed E-state index contributed by atoms with van der Waals surface area (Å²) in [5, 5.41) is 2.69. The number of carbonyl (C=O) groups excluding carboxylic acids is 2. The monoisotopic (exact) mass is 354 g/mol. The lowest BCUT2D eigenvalue weighted by Crippen LogP contribution is -2.42. The number of hydrogen-bond donors (Lipinski definition) is 2. The van der Waals surface area contributed by atoms with Crippen molar-refractivity contribution in [1.29, 1.82) is 0 Å². The number of methoxy groups -OCH3 is 1. The molecule has 1 aromatic carbocycles. The van der Waals surface area contributed by atoms with Crippen molar-refractivity contribution in [3.8, 4) is 0 Å². The van der Waals surface area contributed by atoms with Crippen molar-refractivity contribution in [2.24, 2.45) is 5.92 Å². The fourth-order valence-corrected chi connectivity index (χ4v) is 3.86. The van der Waals surface area contributed by atoms with Crippen LogP contribution in [0.3, 0.4) is 0 Å². The highest BCUT2D eigenvalue weighted by Gasteiger charge is 2.31. The van der Waals surface area contributed by atoms with Crippen LogP contribution in [0.25, 0.3) is 0 Å². The van der Waals surface area contributed by atoms with Gasteiger partial charge in [0.05, 0.1) is 17.9 Å². The molecule has 0 saturated carbocycles. The zero-order valence-corrected chi connectivity index (χ0v) is 14.9. The van der Waals surface area contributed by atoms with E-state index in [1.54, 1.807) is 13.0 Å². The molecule has 2 N–H and O–H groups in total. The van der Waals surface area contributed by atoms with Gasteiger partial charge in [-0.1, -0.05) is 13.8 Å². The summed E-state index contributed by atoms with van der Waals surface area (Å²) in [6.45, 7) is 5.48. The number of esters is 1. The number of benzene rings is 1. The van der Waals surface area contributed by atoms with E-state index in [0.29, 0.717) is 17.7 Å². The number of hydrogen-bond acceptors (Lipinski definition) is 5. The Morgan fingerprint density at radius 1 is 1.38 bits per heavy atom. The van der Waals surface area contributed by atoms with Crippen LogP contribution < -0.4 is 10.0 Å². The van der Waals surface area contributed by atoms with Crippen molar-refractivity contribution >= 4 is 27.6 Å². The number of nitrogens with one attached hydrogen (secondary N) is 2. The van der Waals surface area contributed by atoms with Crippen molar-refractivity contribution in [3.05, 3.63) is 23.8 Å². The lowest BCUT2D eigenvalue weighted by Gasteiger charge is -2.18. The van der Waals surface area contributed by atoms with Gasteiger partial charge in [0.25, 0.3) is 0 Å². The van der Waals surface area contributed by atoms with Gasteiger partial charge in [-0.2, -0.15) is 4.72 Å². The molecule has 8 heteroatoms. The topological polar surface area (TPSA) is 102 Å². The third-order valence-corrected chi connectivity index (χ3v) is 5.41. The maximum atomic E-state index is 12.6. The van der Waals surface area contributed by atoms with E-state index in [1.165, 1.54) is 19.2 Å². The molecule has 0 bridgehead atoms. The van der Waals surface area contributed by atoms with Gasteiger partial charge in [0, 0.05) is 5.69 Å². The average molecular weight is 354 g/mol. The van der Waals surface area contributed by atoms with Crippen LogP contribution in [0.4, 0.5) is 5.69 Å². The van der Waals surface area contributed by atoms with Gasteiger partial charge in [-0.3, -0.25) is 9.59 Å². The second-order valence-corrected chi connectivity index (χ2v) is 8.00. The molecular formula is C16H22N2O5S. The van der Waals surface area contributed by atoms with Crippen molar-refractivity contribution in [1.82, 2.24) is 4.72 Å². The number of rotatable bonds is 6. The highest BCUT2D eigenvalue weighted by molar-refractivity contribution is 7.89. The summed E-state index contributed by atoms with van der Waals surface area (Å²) in [7, 11) is -2.69. The molecular weight excluding hydrogens is 332 g/mol. The molecule has 0 radical (unpaired) electrons. The first-order chi connectivity index (χ1) is 11.2. The van der Waals surface area contributed by atoms with Gasteiger partial charge in [-0.15, -0.1) is 0 Å². The van der Waals surface area contributed by atoms with Gasteiger partial charge in [-0.05, 0) is 43.0 Å². The molecule has 1 aliphatic heterocycles. The van der Waals surface area contributed by atoms with Gasteiger partial charge in [0.2, 0.25) is 15.9 Å². The van der Waals surface area contributed by atoms with Crippen molar-refractivity contribution in [3.63, 3.8) is 0 Å². The second-order valence-electron chi connectivity index (χ2n) is 6.29. The Kier molecular flexibility index (Phi) is 5.29. The fraction of sp³-hybridized carbons (Fsp3) is 0.500. The Morgan fingerprint density at radius 2 is 2.04 bits per heavy atom. The van der Waals surface area contributed by atoms with Crippen molar-refractivity contribution < 1.29 is 22.7 Å². The maximum absolute atomic E-state index is 12.6. The highest BCUT2D eigenvalue weighted by Crippen LogP contribution is 2.33. The standard InChI is InChI=1S/C16H22N2O5S/c1-9(2)7-14(16(20)23-4)18-24(21,22)11-5-6-13-12(8-11)10(3)15(19)17-13/h5-6,8-10,14,18H,7H2,1-4H3,(H,17,19)/t10-,14+/m1/s1. The van der Waals surface area contributed by atoms with Gasteiger partial charge in [0.15, 0.2) is 0 Å². The third-order valence-electron chi connectivity index (χ3n) is 3.94. The molecule has 132 valence electrons. The molecule has 2 atom stereocenters. The molecule has 0 spiro atoms. The Balaban J connectivity index is 2.30. The number of carbonyl (C=O) groups is 2. The van der Waals surface area contributed by atoms with E-state index in [2.05, 4.69) is 14.8 Å². The molecule has 0 aliphatic carbocycles. The van der Waals surface area contributed by atoms with Gasteiger partial charge in [-0.25, -0.2) is 8.42 Å². The quantitative estimate of drug-likeness (QED) is 0.756. The van der Waals surface area contributed by atoms with E-state index in [1.807, 2.05) is 13.8 Å². The number of amides is 1.